The summed E-state index contributed by atoms with van der Waals surface area (Å²) in [5.74, 6) is 1.73. The molecule has 158 valence electrons. The van der Waals surface area contributed by atoms with Crippen molar-refractivity contribution in [2.24, 2.45) is 11.8 Å². The summed E-state index contributed by atoms with van der Waals surface area (Å²) >= 11 is 0. The Morgan fingerprint density at radius 1 is 1.14 bits per heavy atom. The molecule has 2 saturated heterocycles. The Labute approximate surface area is 172 Å². The number of piperidine rings is 1. The number of hydrogen-bond acceptors (Lipinski definition) is 4. The molecule has 2 fully saturated rings. The quantitative estimate of drug-likeness (QED) is 0.783. The van der Waals surface area contributed by atoms with Gasteiger partial charge in [0, 0.05) is 46.1 Å². The van der Waals surface area contributed by atoms with Crippen LogP contribution in [0.5, 0.6) is 5.75 Å². The molecule has 7 nitrogen and oxygen atoms in total. The Hall–Kier alpha value is -2.57. The van der Waals surface area contributed by atoms with Crippen molar-refractivity contribution < 1.29 is 19.1 Å². The number of rotatable bonds is 6. The van der Waals surface area contributed by atoms with Gasteiger partial charge in [-0.2, -0.15) is 0 Å². The number of hydrogen-bond donors (Lipinski definition) is 1. The van der Waals surface area contributed by atoms with Crippen LogP contribution in [0.25, 0.3) is 0 Å². The van der Waals surface area contributed by atoms with Gasteiger partial charge in [-0.25, -0.2) is 0 Å². The summed E-state index contributed by atoms with van der Waals surface area (Å²) < 4.78 is 5.17. The zero-order valence-electron chi connectivity index (χ0n) is 17.4. The number of nitrogens with one attached hydrogen (secondary N) is 1. The molecule has 2 aliphatic heterocycles. The number of carbonyl (C=O) groups is 3. The average Bonchev–Trinajstić information content (AvgIpc) is 2.86. The van der Waals surface area contributed by atoms with Crippen LogP contribution in [0.2, 0.25) is 0 Å². The first kappa shape index (κ1) is 21.1. The Balaban J connectivity index is 1.53. The minimum atomic E-state index is -0.0769. The molecule has 3 rings (SSSR count). The van der Waals surface area contributed by atoms with Crippen LogP contribution in [0, 0.1) is 11.8 Å². The third kappa shape index (κ3) is 5.71. The van der Waals surface area contributed by atoms with Crippen molar-refractivity contribution in [1.29, 1.82) is 0 Å². The highest BCUT2D eigenvalue weighted by atomic mass is 16.5. The average molecular weight is 402 g/mol. The lowest BCUT2D eigenvalue weighted by Crippen LogP contribution is -2.44. The Bertz CT molecular complexity index is 734. The van der Waals surface area contributed by atoms with Gasteiger partial charge in [0.2, 0.25) is 17.7 Å². The molecule has 0 aromatic heterocycles. The molecule has 0 bridgehead atoms. The summed E-state index contributed by atoms with van der Waals surface area (Å²) in [6.07, 6.45) is 2.72. The minimum Gasteiger partial charge on any atom is -0.497 e. The van der Waals surface area contributed by atoms with Gasteiger partial charge in [-0.15, -0.1) is 0 Å². The fourth-order valence-electron chi connectivity index (χ4n) is 4.34. The molecule has 3 amide bonds. The van der Waals surface area contributed by atoms with Crippen LogP contribution in [0.4, 0.5) is 0 Å². The van der Waals surface area contributed by atoms with Crippen LogP contribution in [-0.4, -0.2) is 67.4 Å². The highest BCUT2D eigenvalue weighted by molar-refractivity contribution is 5.79. The molecular weight excluding hydrogens is 370 g/mol. The van der Waals surface area contributed by atoms with Crippen molar-refractivity contribution in [3.8, 4) is 5.75 Å². The maximum absolute atomic E-state index is 12.8. The second-order valence-corrected chi connectivity index (χ2v) is 8.03. The SMILES string of the molecule is COc1ccc(CC(=O)N2CCC3CC(=O)N(CCNC(C)=O)CCC3C2)cc1. The number of likely N-dealkylation sites (tertiary alicyclic amines) is 2. The van der Waals surface area contributed by atoms with Gasteiger partial charge in [-0.05, 0) is 42.4 Å². The number of ether oxygens (including phenoxy) is 1. The summed E-state index contributed by atoms with van der Waals surface area (Å²) in [5, 5.41) is 2.76. The standard InChI is InChI=1S/C22H31N3O4/c1-16(26)23-9-12-24-10-8-19-15-25(11-7-18(19)14-22(24)28)21(27)13-17-3-5-20(29-2)6-4-17/h3-6,18-19H,7-15H2,1-2H3,(H,23,26). The maximum Gasteiger partial charge on any atom is 0.226 e. The number of carbonyl (C=O) groups excluding carboxylic acids is 3. The number of benzene rings is 1. The molecule has 29 heavy (non-hydrogen) atoms. The maximum atomic E-state index is 12.8. The van der Waals surface area contributed by atoms with E-state index < -0.39 is 0 Å². The molecule has 0 radical (unpaired) electrons. The second-order valence-electron chi connectivity index (χ2n) is 8.03. The lowest BCUT2D eigenvalue weighted by atomic mass is 9.82. The van der Waals surface area contributed by atoms with Crippen molar-refractivity contribution in [3.63, 3.8) is 0 Å². The third-order valence-electron chi connectivity index (χ3n) is 6.07. The largest absolute Gasteiger partial charge is 0.497 e. The van der Waals surface area contributed by atoms with E-state index in [2.05, 4.69) is 5.32 Å². The van der Waals surface area contributed by atoms with E-state index in [9.17, 15) is 14.4 Å². The van der Waals surface area contributed by atoms with E-state index >= 15 is 0 Å². The van der Waals surface area contributed by atoms with E-state index in [1.54, 1.807) is 7.11 Å². The molecule has 7 heteroatoms. The molecule has 0 aliphatic carbocycles. The summed E-state index contributed by atoms with van der Waals surface area (Å²) in [4.78, 5) is 40.2. The van der Waals surface area contributed by atoms with Gasteiger partial charge in [0.15, 0.2) is 0 Å². The van der Waals surface area contributed by atoms with Crippen molar-refractivity contribution in [3.05, 3.63) is 29.8 Å². The van der Waals surface area contributed by atoms with Gasteiger partial charge < -0.3 is 19.9 Å². The predicted octanol–water partition coefficient (Wildman–Crippen LogP) is 1.46. The monoisotopic (exact) mass is 401 g/mol. The first-order chi connectivity index (χ1) is 14.0. The van der Waals surface area contributed by atoms with Crippen molar-refractivity contribution in [2.45, 2.75) is 32.6 Å². The summed E-state index contributed by atoms with van der Waals surface area (Å²) in [7, 11) is 1.63. The highest BCUT2D eigenvalue weighted by Gasteiger charge is 2.36. The number of methoxy groups -OCH3 is 1. The Morgan fingerprint density at radius 2 is 1.86 bits per heavy atom. The molecule has 1 aromatic carbocycles. The number of amides is 3. The fourth-order valence-corrected chi connectivity index (χ4v) is 4.34. The van der Waals surface area contributed by atoms with Gasteiger partial charge in [0.1, 0.15) is 5.75 Å². The third-order valence-corrected chi connectivity index (χ3v) is 6.07. The summed E-state index contributed by atoms with van der Waals surface area (Å²) in [6.45, 7) is 4.67. The van der Waals surface area contributed by atoms with E-state index in [1.807, 2.05) is 34.1 Å². The highest BCUT2D eigenvalue weighted by Crippen LogP contribution is 2.32. The zero-order valence-corrected chi connectivity index (χ0v) is 17.4. The zero-order chi connectivity index (χ0) is 20.8. The molecule has 2 atom stereocenters. The van der Waals surface area contributed by atoms with E-state index in [4.69, 9.17) is 4.74 Å². The second kappa shape index (κ2) is 9.76. The first-order valence-corrected chi connectivity index (χ1v) is 10.4. The van der Waals surface area contributed by atoms with Crippen LogP contribution in [0.3, 0.4) is 0 Å². The van der Waals surface area contributed by atoms with Gasteiger partial charge in [-0.1, -0.05) is 12.1 Å². The molecule has 2 heterocycles. The molecule has 1 aromatic rings. The smallest absolute Gasteiger partial charge is 0.226 e. The van der Waals surface area contributed by atoms with Crippen molar-refractivity contribution in [1.82, 2.24) is 15.1 Å². The van der Waals surface area contributed by atoms with Crippen LogP contribution in [-0.2, 0) is 20.8 Å². The molecule has 2 aliphatic rings. The van der Waals surface area contributed by atoms with E-state index in [1.165, 1.54) is 6.92 Å². The molecule has 2 unspecified atom stereocenters. The van der Waals surface area contributed by atoms with E-state index in [-0.39, 0.29) is 17.7 Å². The number of nitrogens with zero attached hydrogens (tertiary/aromatic N) is 2. The van der Waals surface area contributed by atoms with Gasteiger partial charge >= 0.3 is 0 Å². The van der Waals surface area contributed by atoms with Gasteiger partial charge in [-0.3, -0.25) is 14.4 Å². The van der Waals surface area contributed by atoms with Crippen LogP contribution in [0.1, 0.15) is 31.7 Å². The molecule has 1 N–H and O–H groups in total. The van der Waals surface area contributed by atoms with Crippen molar-refractivity contribution in [2.75, 3.05) is 39.8 Å². The Morgan fingerprint density at radius 3 is 2.55 bits per heavy atom. The summed E-state index contributed by atoms with van der Waals surface area (Å²) in [6, 6.07) is 7.62. The summed E-state index contributed by atoms with van der Waals surface area (Å²) in [5.41, 5.74) is 0.984. The van der Waals surface area contributed by atoms with Crippen LogP contribution >= 0.6 is 0 Å². The van der Waals surface area contributed by atoms with Crippen LogP contribution < -0.4 is 10.1 Å². The van der Waals surface area contributed by atoms with E-state index in [0.29, 0.717) is 44.3 Å². The number of fused-ring (bicyclic) bond motifs is 1. The Kier molecular flexibility index (Phi) is 7.12. The predicted molar refractivity (Wildman–Crippen MR) is 109 cm³/mol. The topological polar surface area (TPSA) is 79.0 Å². The first-order valence-electron chi connectivity index (χ1n) is 10.4. The molecule has 0 spiro atoms. The lowest BCUT2D eigenvalue weighted by Gasteiger charge is -2.37. The van der Waals surface area contributed by atoms with Gasteiger partial charge in [0.25, 0.3) is 0 Å². The lowest BCUT2D eigenvalue weighted by molar-refractivity contribution is -0.133. The van der Waals surface area contributed by atoms with Crippen molar-refractivity contribution >= 4 is 17.7 Å². The normalized spacial score (nSPS) is 21.9. The fraction of sp³-hybridized carbons (Fsp3) is 0.591. The van der Waals surface area contributed by atoms with Crippen LogP contribution in [0.15, 0.2) is 24.3 Å². The van der Waals surface area contributed by atoms with E-state index in [0.717, 1.165) is 37.2 Å². The van der Waals surface area contributed by atoms with Gasteiger partial charge in [0.05, 0.1) is 13.5 Å². The minimum absolute atomic E-state index is 0.0769. The molecular formula is C22H31N3O4. The molecule has 0 saturated carbocycles.